The van der Waals surface area contributed by atoms with Crippen molar-refractivity contribution in [1.82, 2.24) is 0 Å². The molecule has 0 bridgehead atoms. The topological polar surface area (TPSA) is 55.8 Å². The van der Waals surface area contributed by atoms with Crippen molar-refractivity contribution in [1.29, 1.82) is 0 Å². The van der Waals surface area contributed by atoms with E-state index >= 15 is 0 Å². The number of benzene rings is 2. The number of para-hydroxylation sites is 1. The summed E-state index contributed by atoms with van der Waals surface area (Å²) in [6.45, 7) is 2.51. The van der Waals surface area contributed by atoms with Crippen LogP contribution in [0.3, 0.4) is 0 Å². The van der Waals surface area contributed by atoms with Gasteiger partial charge in [0.05, 0.1) is 19.9 Å². The molecule has 0 saturated heterocycles. The fraction of sp³-hybridized carbons (Fsp3) is 0.333. The molecule has 1 heterocycles. The van der Waals surface area contributed by atoms with Crippen LogP contribution in [0.25, 0.3) is 0 Å². The molecular formula is C18H21NO4S. The first kappa shape index (κ1) is 16.6. The van der Waals surface area contributed by atoms with Crippen LogP contribution in [-0.4, -0.2) is 29.2 Å². The van der Waals surface area contributed by atoms with E-state index in [0.29, 0.717) is 12.3 Å². The summed E-state index contributed by atoms with van der Waals surface area (Å²) in [4.78, 5) is 0.148. The predicted molar refractivity (Wildman–Crippen MR) is 93.4 cm³/mol. The van der Waals surface area contributed by atoms with Crippen molar-refractivity contribution in [3.8, 4) is 11.5 Å². The van der Waals surface area contributed by atoms with Crippen molar-refractivity contribution in [3.63, 3.8) is 0 Å². The third kappa shape index (κ3) is 2.82. The van der Waals surface area contributed by atoms with Crippen LogP contribution in [0, 0.1) is 5.92 Å². The molecule has 0 saturated carbocycles. The Kier molecular flexibility index (Phi) is 4.41. The Morgan fingerprint density at radius 3 is 2.54 bits per heavy atom. The van der Waals surface area contributed by atoms with E-state index in [1.54, 1.807) is 12.1 Å². The van der Waals surface area contributed by atoms with E-state index in [0.717, 1.165) is 17.7 Å². The molecule has 0 N–H and O–H groups in total. The van der Waals surface area contributed by atoms with E-state index in [1.807, 2.05) is 24.3 Å². The maximum atomic E-state index is 13.3. The molecule has 0 aliphatic carbocycles. The van der Waals surface area contributed by atoms with Gasteiger partial charge in [-0.05, 0) is 36.1 Å². The molecule has 1 unspecified atom stereocenters. The van der Waals surface area contributed by atoms with E-state index < -0.39 is 10.0 Å². The predicted octanol–water partition coefficient (Wildman–Crippen LogP) is 3.09. The molecule has 0 fully saturated rings. The first-order valence-electron chi connectivity index (χ1n) is 7.80. The molecular weight excluding hydrogens is 326 g/mol. The van der Waals surface area contributed by atoms with Gasteiger partial charge in [0.25, 0.3) is 10.0 Å². The quantitative estimate of drug-likeness (QED) is 0.853. The average molecular weight is 347 g/mol. The van der Waals surface area contributed by atoms with Gasteiger partial charge in [0.2, 0.25) is 0 Å². The monoisotopic (exact) mass is 347 g/mol. The van der Waals surface area contributed by atoms with Gasteiger partial charge >= 0.3 is 0 Å². The zero-order valence-corrected chi connectivity index (χ0v) is 14.8. The van der Waals surface area contributed by atoms with Crippen LogP contribution in [0.2, 0.25) is 0 Å². The number of hydrogen-bond acceptors (Lipinski definition) is 4. The third-order valence-corrected chi connectivity index (χ3v) is 6.06. The Balaban J connectivity index is 2.12. The van der Waals surface area contributed by atoms with E-state index in [-0.39, 0.29) is 16.6 Å². The Bertz CT molecular complexity index is 848. The lowest BCUT2D eigenvalue weighted by Crippen LogP contribution is -2.39. The molecule has 24 heavy (non-hydrogen) atoms. The minimum Gasteiger partial charge on any atom is -0.497 e. The molecule has 6 heteroatoms. The van der Waals surface area contributed by atoms with Gasteiger partial charge in [0.1, 0.15) is 16.4 Å². The molecule has 1 aliphatic rings. The van der Waals surface area contributed by atoms with Gasteiger partial charge < -0.3 is 9.47 Å². The Labute approximate surface area is 142 Å². The third-order valence-electron chi connectivity index (χ3n) is 4.25. The molecule has 0 aromatic heterocycles. The number of anilines is 1. The van der Waals surface area contributed by atoms with Crippen molar-refractivity contribution in [2.24, 2.45) is 5.92 Å². The van der Waals surface area contributed by atoms with Crippen molar-refractivity contribution >= 4 is 15.7 Å². The number of sulfonamides is 1. The summed E-state index contributed by atoms with van der Waals surface area (Å²) in [5.41, 5.74) is 1.79. The fourth-order valence-corrected chi connectivity index (χ4v) is 4.84. The van der Waals surface area contributed by atoms with Gasteiger partial charge in [-0.15, -0.1) is 0 Å². The summed E-state index contributed by atoms with van der Waals surface area (Å²) < 4.78 is 38.5. The lowest BCUT2D eigenvalue weighted by atomic mass is 9.96. The minimum absolute atomic E-state index is 0.148. The average Bonchev–Trinajstić information content (AvgIpc) is 2.60. The Morgan fingerprint density at radius 1 is 1.08 bits per heavy atom. The second-order valence-electron chi connectivity index (χ2n) is 5.99. The summed E-state index contributed by atoms with van der Waals surface area (Å²) in [5.74, 6) is 1.09. The fourth-order valence-electron chi connectivity index (χ4n) is 3.08. The van der Waals surface area contributed by atoms with Gasteiger partial charge in [-0.3, -0.25) is 4.31 Å². The second-order valence-corrected chi connectivity index (χ2v) is 7.82. The molecule has 0 amide bonds. The first-order valence-corrected chi connectivity index (χ1v) is 9.24. The maximum Gasteiger partial charge on any atom is 0.268 e. The summed E-state index contributed by atoms with van der Waals surface area (Å²) in [6.07, 6.45) is 0.877. The molecule has 0 spiro atoms. The van der Waals surface area contributed by atoms with Crippen molar-refractivity contribution < 1.29 is 17.9 Å². The highest BCUT2D eigenvalue weighted by molar-refractivity contribution is 7.93. The molecule has 5 nitrogen and oxygen atoms in total. The zero-order valence-electron chi connectivity index (χ0n) is 14.0. The Morgan fingerprint density at radius 2 is 1.83 bits per heavy atom. The van der Waals surface area contributed by atoms with Crippen LogP contribution in [0.4, 0.5) is 5.69 Å². The van der Waals surface area contributed by atoms with Gasteiger partial charge in [-0.25, -0.2) is 8.42 Å². The van der Waals surface area contributed by atoms with Crippen LogP contribution in [0.1, 0.15) is 12.5 Å². The summed E-state index contributed by atoms with van der Waals surface area (Å²) >= 11 is 0. The number of hydrogen-bond donors (Lipinski definition) is 0. The van der Waals surface area contributed by atoms with Gasteiger partial charge in [0, 0.05) is 12.6 Å². The highest BCUT2D eigenvalue weighted by Gasteiger charge is 2.33. The number of ether oxygens (including phenoxy) is 2. The van der Waals surface area contributed by atoms with Crippen LogP contribution in [0.5, 0.6) is 11.5 Å². The summed E-state index contributed by atoms with van der Waals surface area (Å²) in [6, 6.07) is 12.4. The van der Waals surface area contributed by atoms with Crippen LogP contribution in [-0.2, 0) is 16.4 Å². The molecule has 2 aromatic rings. The zero-order chi connectivity index (χ0) is 17.3. The van der Waals surface area contributed by atoms with E-state index in [9.17, 15) is 8.42 Å². The van der Waals surface area contributed by atoms with E-state index in [2.05, 4.69) is 6.92 Å². The SMILES string of the molecule is COc1ccc(S(=O)(=O)N2CC(C)Cc3ccccc32)c(OC)c1. The smallest absolute Gasteiger partial charge is 0.268 e. The number of methoxy groups -OCH3 is 2. The molecule has 2 aromatic carbocycles. The van der Waals surface area contributed by atoms with E-state index in [1.165, 1.54) is 24.6 Å². The van der Waals surface area contributed by atoms with Crippen molar-refractivity contribution in [3.05, 3.63) is 48.0 Å². The maximum absolute atomic E-state index is 13.3. The van der Waals surface area contributed by atoms with E-state index in [4.69, 9.17) is 9.47 Å². The molecule has 1 atom stereocenters. The van der Waals surface area contributed by atoms with Crippen LogP contribution in [0.15, 0.2) is 47.4 Å². The standard InChI is InChI=1S/C18H21NO4S/c1-13-10-14-6-4-5-7-16(14)19(12-13)24(20,21)18-9-8-15(22-2)11-17(18)23-3/h4-9,11,13H,10,12H2,1-3H3. The summed E-state index contributed by atoms with van der Waals surface area (Å²) in [5, 5.41) is 0. The number of fused-ring (bicyclic) bond motifs is 1. The number of nitrogens with zero attached hydrogens (tertiary/aromatic N) is 1. The van der Waals surface area contributed by atoms with Gasteiger partial charge in [-0.2, -0.15) is 0 Å². The largest absolute Gasteiger partial charge is 0.497 e. The normalized spacial score (nSPS) is 17.3. The lowest BCUT2D eigenvalue weighted by Gasteiger charge is -2.34. The molecule has 0 radical (unpaired) electrons. The van der Waals surface area contributed by atoms with Gasteiger partial charge in [0.15, 0.2) is 0 Å². The molecule has 3 rings (SSSR count). The molecule has 1 aliphatic heterocycles. The van der Waals surface area contributed by atoms with Crippen LogP contribution < -0.4 is 13.8 Å². The first-order chi connectivity index (χ1) is 11.5. The second kappa shape index (κ2) is 6.36. The lowest BCUT2D eigenvalue weighted by molar-refractivity contribution is 0.386. The number of rotatable bonds is 4. The van der Waals surface area contributed by atoms with Crippen molar-refractivity contribution in [2.75, 3.05) is 25.1 Å². The van der Waals surface area contributed by atoms with Gasteiger partial charge in [-0.1, -0.05) is 25.1 Å². The Hall–Kier alpha value is -2.21. The summed E-state index contributed by atoms with van der Waals surface area (Å²) in [7, 11) is -0.731. The minimum atomic E-state index is -3.72. The van der Waals surface area contributed by atoms with Crippen molar-refractivity contribution in [2.45, 2.75) is 18.2 Å². The highest BCUT2D eigenvalue weighted by Crippen LogP contribution is 2.37. The van der Waals surface area contributed by atoms with Crippen LogP contribution >= 0.6 is 0 Å². The highest BCUT2D eigenvalue weighted by atomic mass is 32.2. The molecule has 128 valence electrons.